The number of hydrogen-bond donors (Lipinski definition) is 2. The highest BCUT2D eigenvalue weighted by Gasteiger charge is 2.34. The van der Waals surface area contributed by atoms with Crippen LogP contribution in [0.2, 0.25) is 0 Å². The van der Waals surface area contributed by atoms with Crippen molar-refractivity contribution in [2.75, 3.05) is 13.1 Å². The van der Waals surface area contributed by atoms with Crippen molar-refractivity contribution in [3.8, 4) is 0 Å². The average molecular weight is 563 g/mol. The number of hydrogen-bond acceptors (Lipinski definition) is 3. The Morgan fingerprint density at radius 1 is 0.667 bits per heavy atom. The zero-order valence-electron chi connectivity index (χ0n) is 24.1. The molecular formula is C36H38N2O4. The second kappa shape index (κ2) is 14.8. The standard InChI is InChI=1S/C36H38N2O4/c1-3-31(24-37-34(39)32(27-16-8-4-9-17-27)28-18-10-5-11-19-28)38(25-26(2)36(41)42)35(40)33(29-20-12-6-13-21-29)30-22-14-7-15-23-30/h4-23,26,31-33H,3,24-25H2,1-2H3,(H,37,39)(H,41,42)/t26-,31-/m0/s1. The van der Waals surface area contributed by atoms with E-state index in [4.69, 9.17) is 0 Å². The SMILES string of the molecule is CC[C@@H](CNC(=O)C(c1ccccc1)c1ccccc1)N(C[C@H](C)C(=O)O)C(=O)C(c1ccccc1)c1ccccc1. The van der Waals surface area contributed by atoms with Gasteiger partial charge in [0.05, 0.1) is 17.8 Å². The fraction of sp³-hybridized carbons (Fsp3) is 0.250. The fourth-order valence-electron chi connectivity index (χ4n) is 5.31. The van der Waals surface area contributed by atoms with Crippen LogP contribution in [0.4, 0.5) is 0 Å². The first kappa shape index (κ1) is 30.3. The number of rotatable bonds is 13. The van der Waals surface area contributed by atoms with E-state index in [2.05, 4.69) is 5.32 Å². The van der Waals surface area contributed by atoms with Gasteiger partial charge < -0.3 is 15.3 Å². The van der Waals surface area contributed by atoms with Gasteiger partial charge in [-0.3, -0.25) is 14.4 Å². The second-order valence-corrected chi connectivity index (χ2v) is 10.5. The lowest BCUT2D eigenvalue weighted by atomic mass is 9.89. The molecule has 0 spiro atoms. The third-order valence-electron chi connectivity index (χ3n) is 7.64. The van der Waals surface area contributed by atoms with Gasteiger partial charge in [0.15, 0.2) is 0 Å². The Bertz CT molecular complexity index is 1350. The van der Waals surface area contributed by atoms with E-state index < -0.39 is 29.8 Å². The van der Waals surface area contributed by atoms with E-state index in [1.165, 1.54) is 0 Å². The average Bonchev–Trinajstić information content (AvgIpc) is 3.03. The molecular weight excluding hydrogens is 524 g/mol. The Morgan fingerprint density at radius 3 is 1.40 bits per heavy atom. The topological polar surface area (TPSA) is 86.7 Å². The molecule has 6 nitrogen and oxygen atoms in total. The molecule has 0 aromatic heterocycles. The van der Waals surface area contributed by atoms with Gasteiger partial charge >= 0.3 is 5.97 Å². The Labute approximate surface area is 248 Å². The summed E-state index contributed by atoms with van der Waals surface area (Å²) in [4.78, 5) is 41.8. The minimum absolute atomic E-state index is 0.0273. The largest absolute Gasteiger partial charge is 0.481 e. The number of carbonyl (C=O) groups excluding carboxylic acids is 2. The minimum atomic E-state index is -0.976. The summed E-state index contributed by atoms with van der Waals surface area (Å²) in [6.07, 6.45) is 0.538. The molecule has 0 heterocycles. The molecule has 0 bridgehead atoms. The first-order chi connectivity index (χ1) is 20.4. The maximum atomic E-state index is 14.4. The molecule has 6 heteroatoms. The molecule has 0 radical (unpaired) electrons. The molecule has 4 aromatic carbocycles. The van der Waals surface area contributed by atoms with Gasteiger partial charge in [0.25, 0.3) is 0 Å². The molecule has 2 amide bonds. The fourth-order valence-corrected chi connectivity index (χ4v) is 5.31. The monoisotopic (exact) mass is 562 g/mol. The molecule has 0 aliphatic rings. The van der Waals surface area contributed by atoms with Gasteiger partial charge in [-0.25, -0.2) is 0 Å². The highest BCUT2D eigenvalue weighted by atomic mass is 16.4. The van der Waals surface area contributed by atoms with Gasteiger partial charge in [-0.1, -0.05) is 135 Å². The maximum Gasteiger partial charge on any atom is 0.308 e. The smallest absolute Gasteiger partial charge is 0.308 e. The van der Waals surface area contributed by atoms with Crippen LogP contribution in [0.25, 0.3) is 0 Å². The lowest BCUT2D eigenvalue weighted by Crippen LogP contribution is -2.51. The zero-order valence-corrected chi connectivity index (χ0v) is 24.1. The van der Waals surface area contributed by atoms with Gasteiger partial charge in [0.2, 0.25) is 11.8 Å². The third-order valence-corrected chi connectivity index (χ3v) is 7.64. The molecule has 216 valence electrons. The molecule has 0 unspecified atom stereocenters. The highest BCUT2D eigenvalue weighted by molar-refractivity contribution is 5.89. The molecule has 0 saturated carbocycles. The van der Waals surface area contributed by atoms with Crippen molar-refractivity contribution in [2.24, 2.45) is 5.92 Å². The van der Waals surface area contributed by atoms with Crippen molar-refractivity contribution in [3.63, 3.8) is 0 Å². The van der Waals surface area contributed by atoms with Crippen LogP contribution >= 0.6 is 0 Å². The summed E-state index contributed by atoms with van der Waals surface area (Å²) in [6.45, 7) is 3.78. The molecule has 0 saturated heterocycles. The number of carboxylic acids is 1. The van der Waals surface area contributed by atoms with E-state index in [-0.39, 0.29) is 24.9 Å². The van der Waals surface area contributed by atoms with Gasteiger partial charge in [-0.2, -0.15) is 0 Å². The molecule has 4 rings (SSSR count). The number of aliphatic carboxylic acids is 1. The zero-order chi connectivity index (χ0) is 29.9. The summed E-state index contributed by atoms with van der Waals surface area (Å²) in [7, 11) is 0. The number of carbonyl (C=O) groups is 3. The van der Waals surface area contributed by atoms with E-state index in [0.717, 1.165) is 22.3 Å². The van der Waals surface area contributed by atoms with E-state index in [9.17, 15) is 19.5 Å². The van der Waals surface area contributed by atoms with Gasteiger partial charge in [-0.05, 0) is 28.7 Å². The van der Waals surface area contributed by atoms with Gasteiger partial charge in [0, 0.05) is 19.1 Å². The normalized spacial score (nSPS) is 12.5. The van der Waals surface area contributed by atoms with Crippen LogP contribution in [-0.2, 0) is 14.4 Å². The van der Waals surface area contributed by atoms with Crippen LogP contribution in [0.5, 0.6) is 0 Å². The summed E-state index contributed by atoms with van der Waals surface area (Å²) < 4.78 is 0. The number of benzene rings is 4. The lowest BCUT2D eigenvalue weighted by molar-refractivity contribution is -0.144. The van der Waals surface area contributed by atoms with Crippen LogP contribution in [0.1, 0.15) is 54.4 Å². The lowest BCUT2D eigenvalue weighted by Gasteiger charge is -2.36. The molecule has 0 aliphatic heterocycles. The number of carboxylic acid groups (broad SMARTS) is 1. The van der Waals surface area contributed by atoms with Crippen molar-refractivity contribution in [2.45, 2.75) is 38.1 Å². The molecule has 4 aromatic rings. The summed E-state index contributed by atoms with van der Waals surface area (Å²) >= 11 is 0. The second-order valence-electron chi connectivity index (χ2n) is 10.5. The van der Waals surface area contributed by atoms with Crippen molar-refractivity contribution in [3.05, 3.63) is 144 Å². The quantitative estimate of drug-likeness (QED) is 0.206. The van der Waals surface area contributed by atoms with Crippen LogP contribution in [0, 0.1) is 5.92 Å². The third kappa shape index (κ3) is 7.52. The van der Waals surface area contributed by atoms with E-state index in [0.29, 0.717) is 6.42 Å². The maximum absolute atomic E-state index is 14.4. The van der Waals surface area contributed by atoms with E-state index >= 15 is 0 Å². The number of amides is 2. The minimum Gasteiger partial charge on any atom is -0.481 e. The van der Waals surface area contributed by atoms with Gasteiger partial charge in [-0.15, -0.1) is 0 Å². The Hall–Kier alpha value is -4.71. The summed E-state index contributed by atoms with van der Waals surface area (Å²) in [6, 6.07) is 37.9. The van der Waals surface area contributed by atoms with E-state index in [1.807, 2.05) is 128 Å². The van der Waals surface area contributed by atoms with Crippen molar-refractivity contribution in [1.82, 2.24) is 10.2 Å². The number of nitrogens with one attached hydrogen (secondary N) is 1. The predicted molar refractivity (Wildman–Crippen MR) is 165 cm³/mol. The van der Waals surface area contributed by atoms with Gasteiger partial charge in [0.1, 0.15) is 0 Å². The molecule has 42 heavy (non-hydrogen) atoms. The van der Waals surface area contributed by atoms with Crippen molar-refractivity contribution in [1.29, 1.82) is 0 Å². The van der Waals surface area contributed by atoms with E-state index in [1.54, 1.807) is 11.8 Å². The first-order valence-corrected chi connectivity index (χ1v) is 14.4. The summed E-state index contributed by atoms with van der Waals surface area (Å²) in [5, 5.41) is 12.9. The molecule has 2 atom stereocenters. The highest BCUT2D eigenvalue weighted by Crippen LogP contribution is 2.29. The molecule has 0 aliphatic carbocycles. The van der Waals surface area contributed by atoms with Crippen LogP contribution < -0.4 is 5.32 Å². The summed E-state index contributed by atoms with van der Waals surface area (Å²) in [5.41, 5.74) is 3.40. The Kier molecular flexibility index (Phi) is 10.6. The molecule has 2 N–H and O–H groups in total. The summed E-state index contributed by atoms with van der Waals surface area (Å²) in [5.74, 6) is -3.26. The predicted octanol–water partition coefficient (Wildman–Crippen LogP) is 6.09. The molecule has 0 fully saturated rings. The first-order valence-electron chi connectivity index (χ1n) is 14.4. The van der Waals surface area contributed by atoms with Crippen molar-refractivity contribution < 1.29 is 19.5 Å². The number of nitrogens with zero attached hydrogens (tertiary/aromatic N) is 1. The Morgan fingerprint density at radius 2 is 1.05 bits per heavy atom. The Balaban J connectivity index is 1.65. The van der Waals surface area contributed by atoms with Crippen LogP contribution in [0.3, 0.4) is 0 Å². The van der Waals surface area contributed by atoms with Crippen LogP contribution in [-0.4, -0.2) is 46.9 Å². The van der Waals surface area contributed by atoms with Crippen LogP contribution in [0.15, 0.2) is 121 Å². The van der Waals surface area contributed by atoms with Crippen molar-refractivity contribution >= 4 is 17.8 Å².